The van der Waals surface area contributed by atoms with Gasteiger partial charge in [0.1, 0.15) is 5.82 Å². The summed E-state index contributed by atoms with van der Waals surface area (Å²) in [5.41, 5.74) is 0.964. The summed E-state index contributed by atoms with van der Waals surface area (Å²) in [7, 11) is 0. The van der Waals surface area contributed by atoms with Gasteiger partial charge in [0.2, 0.25) is 0 Å². The maximum atomic E-state index is 12.6. The third-order valence-electron chi connectivity index (χ3n) is 4.07. The molecule has 1 aromatic heterocycles. The highest BCUT2D eigenvalue weighted by Crippen LogP contribution is 2.25. The first-order valence-electron chi connectivity index (χ1n) is 8.48. The Morgan fingerprint density at radius 1 is 1.22 bits per heavy atom. The van der Waals surface area contributed by atoms with Gasteiger partial charge in [-0.25, -0.2) is 4.98 Å². The van der Waals surface area contributed by atoms with E-state index in [1.807, 2.05) is 10.8 Å². The van der Waals surface area contributed by atoms with Crippen LogP contribution in [0.15, 0.2) is 36.7 Å². The molecule has 0 atom stereocenters. The molecule has 1 aliphatic rings. The molecule has 0 spiro atoms. The van der Waals surface area contributed by atoms with E-state index < -0.39 is 12.6 Å². The maximum Gasteiger partial charge on any atom is 0.393 e. The number of benzene rings is 1. The highest BCUT2D eigenvalue weighted by atomic mass is 19.4. The summed E-state index contributed by atoms with van der Waals surface area (Å²) < 4.78 is 45.1. The van der Waals surface area contributed by atoms with Gasteiger partial charge in [-0.05, 0) is 11.6 Å². The van der Waals surface area contributed by atoms with Gasteiger partial charge >= 0.3 is 6.18 Å². The largest absolute Gasteiger partial charge is 0.483 e. The van der Waals surface area contributed by atoms with E-state index in [2.05, 4.69) is 9.88 Å². The zero-order valence-electron chi connectivity index (χ0n) is 14.7. The average Bonchev–Trinajstić information content (AvgIpc) is 3.09. The lowest BCUT2D eigenvalue weighted by Gasteiger charge is -2.26. The van der Waals surface area contributed by atoms with E-state index in [1.54, 1.807) is 24.4 Å². The smallest absolute Gasteiger partial charge is 0.393 e. The molecule has 0 aliphatic carbocycles. The minimum absolute atomic E-state index is 0.250. The molecular weight excluding hydrogens is 363 g/mol. The van der Waals surface area contributed by atoms with Crippen LogP contribution in [0, 0.1) is 0 Å². The van der Waals surface area contributed by atoms with Crippen LogP contribution in [0.5, 0.6) is 0 Å². The SMILES string of the molecule is FC(F)(F)Cc1cccc(-c2nccn2CCN2CCOCC2)c1.O=CO. The van der Waals surface area contributed by atoms with Gasteiger partial charge in [-0.3, -0.25) is 9.69 Å². The Labute approximate surface area is 155 Å². The third-order valence-corrected chi connectivity index (χ3v) is 4.07. The van der Waals surface area contributed by atoms with Crippen molar-refractivity contribution in [2.45, 2.75) is 19.1 Å². The molecule has 1 saturated heterocycles. The van der Waals surface area contributed by atoms with Gasteiger partial charge in [-0.1, -0.05) is 18.2 Å². The highest BCUT2D eigenvalue weighted by molar-refractivity contribution is 5.56. The Bertz CT molecular complexity index is 713. The summed E-state index contributed by atoms with van der Waals surface area (Å²) in [5.74, 6) is 0.701. The topological polar surface area (TPSA) is 67.6 Å². The fraction of sp³-hybridized carbons (Fsp3) is 0.444. The molecule has 6 nitrogen and oxygen atoms in total. The van der Waals surface area contributed by atoms with E-state index >= 15 is 0 Å². The molecule has 9 heteroatoms. The third kappa shape index (κ3) is 7.03. The zero-order valence-corrected chi connectivity index (χ0v) is 14.7. The molecule has 1 fully saturated rings. The van der Waals surface area contributed by atoms with Gasteiger partial charge in [0.05, 0.1) is 19.6 Å². The first kappa shape index (κ1) is 20.9. The predicted octanol–water partition coefficient (Wildman–Crippen LogP) is 2.69. The number of rotatable bonds is 5. The molecule has 2 heterocycles. The van der Waals surface area contributed by atoms with Crippen molar-refractivity contribution in [1.29, 1.82) is 0 Å². The molecule has 0 unspecified atom stereocenters. The second-order valence-corrected chi connectivity index (χ2v) is 6.00. The number of alkyl halides is 3. The fourth-order valence-electron chi connectivity index (χ4n) is 2.88. The number of nitrogens with zero attached hydrogens (tertiary/aromatic N) is 3. The molecule has 2 aromatic rings. The number of hydrogen-bond acceptors (Lipinski definition) is 4. The molecule has 1 N–H and O–H groups in total. The van der Waals surface area contributed by atoms with Crippen molar-refractivity contribution < 1.29 is 27.8 Å². The monoisotopic (exact) mass is 385 g/mol. The van der Waals surface area contributed by atoms with Crippen LogP contribution in [0.4, 0.5) is 13.2 Å². The minimum Gasteiger partial charge on any atom is -0.483 e. The van der Waals surface area contributed by atoms with Gasteiger partial charge in [-0.2, -0.15) is 13.2 Å². The molecule has 3 rings (SSSR count). The molecule has 27 heavy (non-hydrogen) atoms. The molecule has 148 valence electrons. The van der Waals surface area contributed by atoms with E-state index in [-0.39, 0.29) is 12.0 Å². The van der Waals surface area contributed by atoms with E-state index in [1.165, 1.54) is 6.07 Å². The van der Waals surface area contributed by atoms with E-state index in [9.17, 15) is 13.2 Å². The summed E-state index contributed by atoms with van der Waals surface area (Å²) in [5, 5.41) is 6.89. The lowest BCUT2D eigenvalue weighted by molar-refractivity contribution is -0.127. The second-order valence-electron chi connectivity index (χ2n) is 6.00. The summed E-state index contributed by atoms with van der Waals surface area (Å²) in [6.45, 7) is 4.68. The lowest BCUT2D eigenvalue weighted by Crippen LogP contribution is -2.38. The van der Waals surface area contributed by atoms with E-state index in [0.717, 1.165) is 39.4 Å². The predicted molar refractivity (Wildman–Crippen MR) is 93.4 cm³/mol. The summed E-state index contributed by atoms with van der Waals surface area (Å²) in [4.78, 5) is 15.0. The van der Waals surface area contributed by atoms with Crippen molar-refractivity contribution in [2.24, 2.45) is 0 Å². The van der Waals surface area contributed by atoms with Crippen LogP contribution in [0.1, 0.15) is 5.56 Å². The fourth-order valence-corrected chi connectivity index (χ4v) is 2.88. The first-order valence-corrected chi connectivity index (χ1v) is 8.48. The summed E-state index contributed by atoms with van der Waals surface area (Å²) in [6, 6.07) is 6.52. The Balaban J connectivity index is 0.000000817. The van der Waals surface area contributed by atoms with Gasteiger partial charge < -0.3 is 14.4 Å². The number of aromatic nitrogens is 2. The molecule has 1 aromatic carbocycles. The Morgan fingerprint density at radius 2 is 1.93 bits per heavy atom. The van der Waals surface area contributed by atoms with Crippen molar-refractivity contribution in [3.8, 4) is 11.4 Å². The quantitative estimate of drug-likeness (QED) is 0.802. The van der Waals surface area contributed by atoms with Crippen molar-refractivity contribution in [3.63, 3.8) is 0 Å². The van der Waals surface area contributed by atoms with Crippen molar-refractivity contribution >= 4 is 6.47 Å². The molecule has 0 bridgehead atoms. The lowest BCUT2D eigenvalue weighted by atomic mass is 10.1. The van der Waals surface area contributed by atoms with Crippen LogP contribution >= 0.6 is 0 Å². The van der Waals surface area contributed by atoms with Crippen molar-refractivity contribution in [2.75, 3.05) is 32.8 Å². The number of ether oxygens (including phenoxy) is 1. The van der Waals surface area contributed by atoms with Crippen LogP contribution < -0.4 is 0 Å². The van der Waals surface area contributed by atoms with Crippen LogP contribution in [-0.2, 0) is 22.5 Å². The number of carboxylic acid groups (broad SMARTS) is 1. The number of carbonyl (C=O) groups is 1. The van der Waals surface area contributed by atoms with Crippen LogP contribution in [-0.4, -0.2) is 65.1 Å². The minimum atomic E-state index is -4.20. The van der Waals surface area contributed by atoms with E-state index in [4.69, 9.17) is 14.6 Å². The summed E-state index contributed by atoms with van der Waals surface area (Å²) in [6.07, 6.45) is -1.57. The Hall–Kier alpha value is -2.39. The first-order chi connectivity index (χ1) is 12.9. The standard InChI is InChI=1S/C17H20F3N3O.CH2O2/c18-17(19,20)13-14-2-1-3-15(12-14)16-21-4-5-23(16)7-6-22-8-10-24-11-9-22;2-1-3/h1-5,12H,6-11,13H2;1H,(H,2,3). The number of hydrogen-bond donors (Lipinski definition) is 1. The van der Waals surface area contributed by atoms with Crippen molar-refractivity contribution in [3.05, 3.63) is 42.2 Å². The number of halogens is 3. The maximum absolute atomic E-state index is 12.6. The Morgan fingerprint density at radius 3 is 2.59 bits per heavy atom. The molecule has 1 aliphatic heterocycles. The van der Waals surface area contributed by atoms with Gasteiger partial charge in [-0.15, -0.1) is 0 Å². The highest BCUT2D eigenvalue weighted by Gasteiger charge is 2.27. The molecule has 0 amide bonds. The number of morpholine rings is 1. The van der Waals surface area contributed by atoms with Gasteiger partial charge in [0.25, 0.3) is 6.47 Å². The normalized spacial score (nSPS) is 15.1. The molecule has 0 radical (unpaired) electrons. The molecule has 0 saturated carbocycles. The van der Waals surface area contributed by atoms with Crippen LogP contribution in [0.25, 0.3) is 11.4 Å². The summed E-state index contributed by atoms with van der Waals surface area (Å²) >= 11 is 0. The Kier molecular flexibility index (Phi) is 7.81. The molecular formula is C18H22F3N3O3. The van der Waals surface area contributed by atoms with Crippen LogP contribution in [0.3, 0.4) is 0 Å². The van der Waals surface area contributed by atoms with Gasteiger partial charge in [0, 0.05) is 44.1 Å². The average molecular weight is 385 g/mol. The van der Waals surface area contributed by atoms with Crippen molar-refractivity contribution in [1.82, 2.24) is 14.5 Å². The second kappa shape index (κ2) is 10.1. The number of imidazole rings is 1. The zero-order chi connectivity index (χ0) is 19.7. The van der Waals surface area contributed by atoms with Crippen LogP contribution in [0.2, 0.25) is 0 Å². The van der Waals surface area contributed by atoms with Gasteiger partial charge in [0.15, 0.2) is 0 Å². The van der Waals surface area contributed by atoms with E-state index in [0.29, 0.717) is 11.4 Å².